The van der Waals surface area contributed by atoms with Gasteiger partial charge in [0.15, 0.2) is 0 Å². The first-order valence-electron chi connectivity index (χ1n) is 10.9. The van der Waals surface area contributed by atoms with E-state index >= 15 is 0 Å². The molecule has 8 heteroatoms. The van der Waals surface area contributed by atoms with Crippen LogP contribution in [0.15, 0.2) is 72.8 Å². The molecule has 8 nitrogen and oxygen atoms in total. The van der Waals surface area contributed by atoms with Crippen molar-refractivity contribution in [3.8, 4) is 11.1 Å². The van der Waals surface area contributed by atoms with Crippen LogP contribution in [0.3, 0.4) is 0 Å². The van der Waals surface area contributed by atoms with E-state index in [-0.39, 0.29) is 27.9 Å². The zero-order valence-corrected chi connectivity index (χ0v) is 18.5. The maximum atomic E-state index is 13.6. The van der Waals surface area contributed by atoms with Crippen LogP contribution in [0.1, 0.15) is 43.6 Å². The Balaban J connectivity index is 1.80. The number of nitrogens with zero attached hydrogens (tertiary/aromatic N) is 2. The highest BCUT2D eigenvalue weighted by Gasteiger charge is 2.37. The zero-order chi connectivity index (χ0) is 24.9. The highest BCUT2D eigenvalue weighted by atomic mass is 16.6. The maximum absolute atomic E-state index is 13.6. The molecule has 0 fully saturated rings. The van der Waals surface area contributed by atoms with Crippen LogP contribution in [0.5, 0.6) is 0 Å². The van der Waals surface area contributed by atoms with Crippen molar-refractivity contribution in [3.05, 3.63) is 105 Å². The number of carbonyl (C=O) groups is 3. The van der Waals surface area contributed by atoms with Crippen LogP contribution in [0.4, 0.5) is 11.4 Å². The molecular formula is C27H18N2O6. The summed E-state index contributed by atoms with van der Waals surface area (Å²) in [7, 11) is 0. The second kappa shape index (κ2) is 8.18. The van der Waals surface area contributed by atoms with Gasteiger partial charge < -0.3 is 5.11 Å². The van der Waals surface area contributed by atoms with Gasteiger partial charge in [0, 0.05) is 17.0 Å². The lowest BCUT2D eigenvalue weighted by Gasteiger charge is -2.29. The van der Waals surface area contributed by atoms with Crippen LogP contribution in [-0.4, -0.2) is 27.8 Å². The Morgan fingerprint density at radius 3 is 2.29 bits per heavy atom. The number of rotatable bonds is 5. The molecule has 0 saturated carbocycles. The zero-order valence-electron chi connectivity index (χ0n) is 18.5. The second-order valence-electron chi connectivity index (χ2n) is 8.11. The van der Waals surface area contributed by atoms with Gasteiger partial charge in [-0.15, -0.1) is 0 Å². The summed E-state index contributed by atoms with van der Waals surface area (Å²) in [6.07, 6.45) is 0.593. The van der Waals surface area contributed by atoms with Gasteiger partial charge in [-0.05, 0) is 47.2 Å². The van der Waals surface area contributed by atoms with Crippen LogP contribution < -0.4 is 4.90 Å². The van der Waals surface area contributed by atoms with E-state index in [1.54, 1.807) is 30.3 Å². The molecule has 0 bridgehead atoms. The standard InChI is InChI=1S/C27H18N2O6/c1-2-15-6-3-4-9-21(15)28-25(30)19-8-5-7-18-23(16-10-12-17(13-11-16)27(32)33)22(29(34)35)14-20(24(18)19)26(28)31/h3-14H,2H2,1H3,(H,32,33). The molecule has 0 aliphatic carbocycles. The van der Waals surface area contributed by atoms with Gasteiger partial charge in [0.1, 0.15) is 0 Å². The first-order valence-corrected chi connectivity index (χ1v) is 10.9. The number of carboxylic acids is 1. The minimum atomic E-state index is -1.12. The molecule has 0 spiro atoms. The van der Waals surface area contributed by atoms with E-state index in [0.29, 0.717) is 28.4 Å². The molecule has 1 heterocycles. The molecule has 172 valence electrons. The Morgan fingerprint density at radius 1 is 0.943 bits per heavy atom. The Morgan fingerprint density at radius 2 is 1.63 bits per heavy atom. The Kier molecular flexibility index (Phi) is 5.13. The number of carboxylic acid groups (broad SMARTS) is 1. The largest absolute Gasteiger partial charge is 0.478 e. The molecule has 1 aliphatic heterocycles. The normalized spacial score (nSPS) is 12.8. The number of aromatic carboxylic acids is 1. The molecule has 1 aliphatic rings. The minimum Gasteiger partial charge on any atom is -0.478 e. The summed E-state index contributed by atoms with van der Waals surface area (Å²) in [5.41, 5.74) is 1.94. The van der Waals surface area contributed by atoms with Gasteiger partial charge >= 0.3 is 5.97 Å². The van der Waals surface area contributed by atoms with Crippen molar-refractivity contribution in [3.63, 3.8) is 0 Å². The van der Waals surface area contributed by atoms with Gasteiger partial charge in [0.2, 0.25) is 0 Å². The highest BCUT2D eigenvalue weighted by molar-refractivity contribution is 6.37. The SMILES string of the molecule is CCc1ccccc1N1C(=O)c2cccc3c(-c4ccc(C(=O)O)cc4)c([N+](=O)[O-])cc(c23)C1=O. The average molecular weight is 466 g/mol. The number of imide groups is 1. The third-order valence-electron chi connectivity index (χ3n) is 6.24. The summed E-state index contributed by atoms with van der Waals surface area (Å²) in [4.78, 5) is 51.1. The van der Waals surface area contributed by atoms with Gasteiger partial charge in [0.25, 0.3) is 17.5 Å². The van der Waals surface area contributed by atoms with E-state index in [1.165, 1.54) is 30.3 Å². The molecular weight excluding hydrogens is 448 g/mol. The molecule has 4 aromatic rings. The maximum Gasteiger partial charge on any atom is 0.335 e. The molecule has 4 aromatic carbocycles. The van der Waals surface area contributed by atoms with Crippen molar-refractivity contribution in [2.75, 3.05) is 4.90 Å². The van der Waals surface area contributed by atoms with Gasteiger partial charge in [-0.2, -0.15) is 0 Å². The number of benzene rings is 4. The Hall–Kier alpha value is -4.85. The summed E-state index contributed by atoms with van der Waals surface area (Å²) in [5.74, 6) is -2.25. The summed E-state index contributed by atoms with van der Waals surface area (Å²) in [6.45, 7) is 1.92. The minimum absolute atomic E-state index is 0.0368. The molecule has 0 atom stereocenters. The predicted octanol–water partition coefficient (Wildman–Crippen LogP) is 5.48. The summed E-state index contributed by atoms with van der Waals surface area (Å²) < 4.78 is 0. The van der Waals surface area contributed by atoms with E-state index in [1.807, 2.05) is 19.1 Å². The van der Waals surface area contributed by atoms with Crippen molar-refractivity contribution >= 4 is 39.9 Å². The summed E-state index contributed by atoms with van der Waals surface area (Å²) in [6, 6.07) is 18.8. The van der Waals surface area contributed by atoms with Crippen LogP contribution in [0.25, 0.3) is 21.9 Å². The van der Waals surface area contributed by atoms with Crippen LogP contribution >= 0.6 is 0 Å². The molecule has 2 amide bonds. The lowest BCUT2D eigenvalue weighted by atomic mass is 9.87. The van der Waals surface area contributed by atoms with Crippen molar-refractivity contribution in [2.45, 2.75) is 13.3 Å². The van der Waals surface area contributed by atoms with Crippen molar-refractivity contribution in [1.29, 1.82) is 0 Å². The Labute approximate surface area is 199 Å². The molecule has 0 aromatic heterocycles. The smallest absolute Gasteiger partial charge is 0.335 e. The van der Waals surface area contributed by atoms with Crippen molar-refractivity contribution in [1.82, 2.24) is 0 Å². The van der Waals surface area contributed by atoms with Gasteiger partial charge in [0.05, 0.1) is 27.3 Å². The number of carbonyl (C=O) groups excluding carboxylic acids is 2. The number of aryl methyl sites for hydroxylation is 1. The monoisotopic (exact) mass is 466 g/mol. The Bertz CT molecular complexity index is 1570. The predicted molar refractivity (Wildman–Crippen MR) is 130 cm³/mol. The summed E-state index contributed by atoms with van der Waals surface area (Å²) in [5, 5.41) is 22.0. The molecule has 0 radical (unpaired) electrons. The fourth-order valence-electron chi connectivity index (χ4n) is 4.62. The quantitative estimate of drug-likeness (QED) is 0.237. The van der Waals surface area contributed by atoms with Gasteiger partial charge in [-0.1, -0.05) is 49.4 Å². The lowest BCUT2D eigenvalue weighted by Crippen LogP contribution is -2.41. The number of hydrogen-bond donors (Lipinski definition) is 1. The third kappa shape index (κ3) is 3.34. The first-order chi connectivity index (χ1) is 16.8. The number of hydrogen-bond acceptors (Lipinski definition) is 5. The molecule has 0 saturated heterocycles. The summed E-state index contributed by atoms with van der Waals surface area (Å²) >= 11 is 0. The van der Waals surface area contributed by atoms with Crippen molar-refractivity contribution < 1.29 is 24.4 Å². The fourth-order valence-corrected chi connectivity index (χ4v) is 4.62. The second-order valence-corrected chi connectivity index (χ2v) is 8.11. The number of nitro groups is 1. The third-order valence-corrected chi connectivity index (χ3v) is 6.24. The topological polar surface area (TPSA) is 118 Å². The fraction of sp³-hybridized carbons (Fsp3) is 0.0741. The average Bonchev–Trinajstić information content (AvgIpc) is 2.87. The molecule has 1 N–H and O–H groups in total. The van der Waals surface area contributed by atoms with E-state index in [9.17, 15) is 29.6 Å². The number of amides is 2. The van der Waals surface area contributed by atoms with E-state index in [0.717, 1.165) is 10.5 Å². The van der Waals surface area contributed by atoms with Gasteiger partial charge in [-0.3, -0.25) is 19.7 Å². The van der Waals surface area contributed by atoms with Gasteiger partial charge in [-0.25, -0.2) is 9.69 Å². The number of anilines is 1. The molecule has 0 unspecified atom stereocenters. The first kappa shape index (κ1) is 22.0. The lowest BCUT2D eigenvalue weighted by molar-refractivity contribution is -0.384. The van der Waals surface area contributed by atoms with Crippen LogP contribution in [-0.2, 0) is 6.42 Å². The number of para-hydroxylation sites is 1. The molecule has 35 heavy (non-hydrogen) atoms. The van der Waals surface area contributed by atoms with Crippen LogP contribution in [0.2, 0.25) is 0 Å². The van der Waals surface area contributed by atoms with Crippen molar-refractivity contribution in [2.24, 2.45) is 0 Å². The van der Waals surface area contributed by atoms with E-state index in [4.69, 9.17) is 0 Å². The highest BCUT2D eigenvalue weighted by Crippen LogP contribution is 2.43. The van der Waals surface area contributed by atoms with E-state index < -0.39 is 22.7 Å². The van der Waals surface area contributed by atoms with E-state index in [2.05, 4.69) is 0 Å². The number of nitro benzene ring substituents is 1. The van der Waals surface area contributed by atoms with Crippen LogP contribution in [0, 0.1) is 10.1 Å². The molecule has 5 rings (SSSR count).